The Hall–Kier alpha value is -3.11. The van der Waals surface area contributed by atoms with Crippen LogP contribution < -0.4 is 5.32 Å². The lowest BCUT2D eigenvalue weighted by Crippen LogP contribution is -2.47. The van der Waals surface area contributed by atoms with Crippen LogP contribution in [-0.4, -0.2) is 35.0 Å². The second-order valence-electron chi connectivity index (χ2n) is 9.94. The fourth-order valence-electron chi connectivity index (χ4n) is 5.30. The van der Waals surface area contributed by atoms with Crippen LogP contribution in [-0.2, 0) is 11.3 Å². The number of benzene rings is 3. The van der Waals surface area contributed by atoms with E-state index in [1.54, 1.807) is 12.1 Å². The summed E-state index contributed by atoms with van der Waals surface area (Å²) in [6, 6.07) is 22.7. The lowest BCUT2D eigenvalue weighted by Gasteiger charge is -2.36. The summed E-state index contributed by atoms with van der Waals surface area (Å²) in [5.74, 6) is 0.664. The first-order valence-electron chi connectivity index (χ1n) is 12.5. The van der Waals surface area contributed by atoms with Gasteiger partial charge in [0, 0.05) is 19.1 Å². The zero-order chi connectivity index (χ0) is 23.7. The van der Waals surface area contributed by atoms with Gasteiger partial charge < -0.3 is 15.3 Å². The van der Waals surface area contributed by atoms with E-state index in [1.807, 2.05) is 12.1 Å². The van der Waals surface area contributed by atoms with E-state index in [2.05, 4.69) is 66.5 Å². The molecule has 1 amide bonds. The molecule has 0 bridgehead atoms. The first kappa shape index (κ1) is 22.7. The quantitative estimate of drug-likeness (QED) is 0.513. The molecule has 1 heterocycles. The number of hydrogen-bond acceptors (Lipinski definition) is 3. The van der Waals surface area contributed by atoms with Crippen LogP contribution >= 0.6 is 0 Å². The van der Waals surface area contributed by atoms with E-state index in [0.29, 0.717) is 12.6 Å². The lowest BCUT2D eigenvalue weighted by molar-refractivity contribution is -0.138. The third-order valence-electron chi connectivity index (χ3n) is 7.62. The first-order valence-corrected chi connectivity index (χ1v) is 12.5. The minimum absolute atomic E-state index is 0.0705. The van der Waals surface area contributed by atoms with Gasteiger partial charge in [0.25, 0.3) is 0 Å². The number of phenolic OH excluding ortho intramolecular Hbond substituents is 1. The van der Waals surface area contributed by atoms with Gasteiger partial charge in [-0.05, 0) is 91.1 Å². The molecule has 3 aromatic carbocycles. The van der Waals surface area contributed by atoms with E-state index >= 15 is 0 Å². The summed E-state index contributed by atoms with van der Waals surface area (Å²) in [5, 5.41) is 13.4. The molecule has 4 nitrogen and oxygen atoms in total. The zero-order valence-electron chi connectivity index (χ0n) is 20.1. The Morgan fingerprint density at radius 3 is 2.47 bits per heavy atom. The van der Waals surface area contributed by atoms with E-state index in [1.165, 1.54) is 22.3 Å². The molecule has 0 radical (unpaired) electrons. The van der Waals surface area contributed by atoms with Gasteiger partial charge >= 0.3 is 0 Å². The average molecular weight is 455 g/mol. The summed E-state index contributed by atoms with van der Waals surface area (Å²) in [4.78, 5) is 16.2. The Labute approximate surface area is 202 Å². The van der Waals surface area contributed by atoms with Gasteiger partial charge in [-0.2, -0.15) is 0 Å². The number of hydrogen-bond donors (Lipinski definition) is 2. The van der Waals surface area contributed by atoms with Crippen molar-refractivity contribution in [2.75, 3.05) is 13.1 Å². The van der Waals surface area contributed by atoms with Crippen molar-refractivity contribution < 1.29 is 9.90 Å². The third-order valence-corrected chi connectivity index (χ3v) is 7.62. The van der Waals surface area contributed by atoms with Crippen molar-refractivity contribution in [2.45, 2.75) is 51.6 Å². The maximum atomic E-state index is 14.0. The van der Waals surface area contributed by atoms with E-state index in [4.69, 9.17) is 0 Å². The minimum atomic E-state index is -0.0705. The molecule has 0 aromatic heterocycles. The number of aromatic hydroxyl groups is 1. The number of carbonyl (C=O) groups is 1. The van der Waals surface area contributed by atoms with Gasteiger partial charge in [0.15, 0.2) is 0 Å². The van der Waals surface area contributed by atoms with Gasteiger partial charge in [-0.15, -0.1) is 0 Å². The van der Waals surface area contributed by atoms with E-state index in [9.17, 15) is 9.90 Å². The molecule has 5 rings (SSSR count). The number of nitrogens with one attached hydrogen (secondary N) is 1. The number of amides is 1. The molecule has 2 fully saturated rings. The largest absolute Gasteiger partial charge is 0.508 e. The Kier molecular flexibility index (Phi) is 6.42. The highest BCUT2D eigenvalue weighted by Gasteiger charge is 2.40. The van der Waals surface area contributed by atoms with Gasteiger partial charge in [-0.3, -0.25) is 4.79 Å². The smallest absolute Gasteiger partial charge is 0.228 e. The van der Waals surface area contributed by atoms with E-state index in [-0.39, 0.29) is 23.5 Å². The maximum absolute atomic E-state index is 14.0. The predicted molar refractivity (Wildman–Crippen MR) is 137 cm³/mol. The van der Waals surface area contributed by atoms with Crippen molar-refractivity contribution in [1.29, 1.82) is 0 Å². The molecule has 0 unspecified atom stereocenters. The number of carbonyl (C=O) groups excluding carboxylic acids is 1. The highest BCUT2D eigenvalue weighted by atomic mass is 16.3. The molecule has 2 atom stereocenters. The normalized spacial score (nSPS) is 20.2. The molecular weight excluding hydrogens is 420 g/mol. The van der Waals surface area contributed by atoms with Crippen LogP contribution in [0.15, 0.2) is 66.7 Å². The molecule has 34 heavy (non-hydrogen) atoms. The van der Waals surface area contributed by atoms with Gasteiger partial charge in [-0.25, -0.2) is 0 Å². The number of nitrogens with zero attached hydrogens (tertiary/aromatic N) is 1. The highest BCUT2D eigenvalue weighted by Crippen LogP contribution is 2.37. The molecule has 4 heteroatoms. The van der Waals surface area contributed by atoms with Crippen molar-refractivity contribution >= 4 is 5.91 Å². The Morgan fingerprint density at radius 1 is 0.971 bits per heavy atom. The molecule has 1 aliphatic carbocycles. The number of phenols is 1. The van der Waals surface area contributed by atoms with Gasteiger partial charge in [-0.1, -0.05) is 54.6 Å². The number of rotatable bonds is 6. The molecule has 1 aliphatic heterocycles. The zero-order valence-corrected chi connectivity index (χ0v) is 20.1. The topological polar surface area (TPSA) is 52.6 Å². The monoisotopic (exact) mass is 454 g/mol. The van der Waals surface area contributed by atoms with Crippen LogP contribution in [0.2, 0.25) is 0 Å². The number of aryl methyl sites for hydroxylation is 1. The predicted octanol–water partition coefficient (Wildman–Crippen LogP) is 5.56. The molecule has 0 spiro atoms. The molecule has 1 saturated carbocycles. The van der Waals surface area contributed by atoms with Crippen molar-refractivity contribution in [3.8, 4) is 16.9 Å². The van der Waals surface area contributed by atoms with E-state index in [0.717, 1.165) is 43.5 Å². The summed E-state index contributed by atoms with van der Waals surface area (Å²) in [7, 11) is 0. The van der Waals surface area contributed by atoms with Crippen LogP contribution in [0.1, 0.15) is 47.4 Å². The Balaban J connectivity index is 1.42. The molecule has 2 N–H and O–H groups in total. The second-order valence-corrected chi connectivity index (χ2v) is 9.94. The first-order chi connectivity index (χ1) is 16.5. The maximum Gasteiger partial charge on any atom is 0.228 e. The summed E-state index contributed by atoms with van der Waals surface area (Å²) in [6.45, 7) is 6.64. The van der Waals surface area contributed by atoms with E-state index < -0.39 is 0 Å². The van der Waals surface area contributed by atoms with Crippen molar-refractivity contribution in [2.24, 2.45) is 5.92 Å². The third kappa shape index (κ3) is 4.74. The SMILES string of the molecule is Cc1cccc(CN(C(=O)[C@H]2CNCC[C@@H]2c2cccc(-c3cccc(O)c3)c2)C2CC2)c1C. The summed E-state index contributed by atoms with van der Waals surface area (Å²) in [6.07, 6.45) is 3.16. The standard InChI is InChI=1S/C30H34N2O2/c1-20-6-3-10-25(21(20)2)19-32(26-12-13-26)30(34)29-18-31-15-14-28(29)24-9-4-7-22(16-24)23-8-5-11-27(33)17-23/h3-11,16-17,26,28-29,31,33H,12-15,18-19H2,1-2H3/t28-,29+/m1/s1. The molecule has 1 saturated heterocycles. The average Bonchev–Trinajstić information content (AvgIpc) is 3.70. The summed E-state index contributed by atoms with van der Waals surface area (Å²) in [5.41, 5.74) is 7.11. The second kappa shape index (κ2) is 9.63. The van der Waals surface area contributed by atoms with Crippen LogP contribution in [0.5, 0.6) is 5.75 Å². The van der Waals surface area contributed by atoms with Gasteiger partial charge in [0.1, 0.15) is 5.75 Å². The van der Waals surface area contributed by atoms with Crippen molar-refractivity contribution in [1.82, 2.24) is 10.2 Å². The highest BCUT2D eigenvalue weighted by molar-refractivity contribution is 5.81. The van der Waals surface area contributed by atoms with Crippen LogP contribution in [0.3, 0.4) is 0 Å². The van der Waals surface area contributed by atoms with Gasteiger partial charge in [0.05, 0.1) is 5.92 Å². The lowest BCUT2D eigenvalue weighted by atomic mass is 9.79. The van der Waals surface area contributed by atoms with Crippen LogP contribution in [0.25, 0.3) is 11.1 Å². The summed E-state index contributed by atoms with van der Waals surface area (Å²) >= 11 is 0. The molecule has 2 aliphatic rings. The minimum Gasteiger partial charge on any atom is -0.508 e. The van der Waals surface area contributed by atoms with Gasteiger partial charge in [0.2, 0.25) is 5.91 Å². The Bertz CT molecular complexity index is 1180. The molecular formula is C30H34N2O2. The van der Waals surface area contributed by atoms with Crippen LogP contribution in [0, 0.1) is 19.8 Å². The Morgan fingerprint density at radius 2 is 1.71 bits per heavy atom. The number of piperidine rings is 1. The van der Waals surface area contributed by atoms with Crippen molar-refractivity contribution in [3.63, 3.8) is 0 Å². The molecule has 3 aromatic rings. The van der Waals surface area contributed by atoms with Crippen LogP contribution in [0.4, 0.5) is 0 Å². The van der Waals surface area contributed by atoms with Crippen molar-refractivity contribution in [3.05, 3.63) is 89.0 Å². The fraction of sp³-hybridized carbons (Fsp3) is 0.367. The summed E-state index contributed by atoms with van der Waals surface area (Å²) < 4.78 is 0. The molecule has 176 valence electrons. The fourth-order valence-corrected chi connectivity index (χ4v) is 5.30.